The van der Waals surface area contributed by atoms with E-state index in [0.717, 1.165) is 29.8 Å². The highest BCUT2D eigenvalue weighted by molar-refractivity contribution is 5.52. The summed E-state index contributed by atoms with van der Waals surface area (Å²) in [7, 11) is 0. The van der Waals surface area contributed by atoms with E-state index in [0.29, 0.717) is 12.5 Å². The third-order valence-electron chi connectivity index (χ3n) is 3.82. The van der Waals surface area contributed by atoms with Gasteiger partial charge in [0.2, 0.25) is 0 Å². The maximum absolute atomic E-state index is 8.67. The van der Waals surface area contributed by atoms with Crippen LogP contribution in [0.2, 0.25) is 0 Å². The summed E-state index contributed by atoms with van der Waals surface area (Å²) in [6.45, 7) is 0. The van der Waals surface area contributed by atoms with Crippen LogP contribution in [0.15, 0.2) is 42.5 Å². The minimum atomic E-state index is 0.354. The standard InChI is InChI=1S/C17H17N3/c18-10-9-12-1-5-15(6-2-12)20-17-8-3-13-11-14(19)4-7-16(13)17/h1-2,4-7,11,17,20H,3,8-9,19H2. The number of hydrogen-bond donors (Lipinski definition) is 2. The molecule has 3 rings (SSSR count). The molecule has 3 N–H and O–H groups in total. The summed E-state index contributed by atoms with van der Waals surface area (Å²) >= 11 is 0. The van der Waals surface area contributed by atoms with Crippen LogP contribution in [0.3, 0.4) is 0 Å². The Bertz CT molecular complexity index is 653. The van der Waals surface area contributed by atoms with Crippen molar-refractivity contribution >= 4 is 11.4 Å². The number of nitriles is 1. The molecule has 100 valence electrons. The third-order valence-corrected chi connectivity index (χ3v) is 3.82. The van der Waals surface area contributed by atoms with Gasteiger partial charge in [0.15, 0.2) is 0 Å². The second-order valence-corrected chi connectivity index (χ2v) is 5.23. The quantitative estimate of drug-likeness (QED) is 0.834. The normalized spacial score (nSPS) is 16.4. The van der Waals surface area contributed by atoms with Crippen LogP contribution in [0.4, 0.5) is 11.4 Å². The highest BCUT2D eigenvalue weighted by Crippen LogP contribution is 2.34. The van der Waals surface area contributed by atoms with Crippen molar-refractivity contribution in [2.45, 2.75) is 25.3 Å². The van der Waals surface area contributed by atoms with Crippen molar-refractivity contribution in [3.05, 3.63) is 59.2 Å². The predicted octanol–water partition coefficient (Wildman–Crippen LogP) is 3.43. The van der Waals surface area contributed by atoms with Crippen LogP contribution in [-0.4, -0.2) is 0 Å². The summed E-state index contributed by atoms with van der Waals surface area (Å²) in [6, 6.07) is 16.8. The average Bonchev–Trinajstić information content (AvgIpc) is 2.83. The molecule has 0 fully saturated rings. The maximum Gasteiger partial charge on any atom is 0.0669 e. The van der Waals surface area contributed by atoms with Gasteiger partial charge in [0, 0.05) is 11.4 Å². The van der Waals surface area contributed by atoms with Gasteiger partial charge in [0.25, 0.3) is 0 Å². The van der Waals surface area contributed by atoms with Gasteiger partial charge in [0.1, 0.15) is 0 Å². The van der Waals surface area contributed by atoms with Crippen LogP contribution >= 0.6 is 0 Å². The average molecular weight is 263 g/mol. The fourth-order valence-electron chi connectivity index (χ4n) is 2.80. The number of nitrogen functional groups attached to an aromatic ring is 1. The van der Waals surface area contributed by atoms with Gasteiger partial charge in [-0.2, -0.15) is 5.26 Å². The Morgan fingerprint density at radius 1 is 1.20 bits per heavy atom. The number of nitrogens with two attached hydrogens (primary N) is 1. The lowest BCUT2D eigenvalue weighted by atomic mass is 10.1. The molecule has 3 heteroatoms. The first-order valence-corrected chi connectivity index (χ1v) is 6.87. The molecule has 0 saturated heterocycles. The maximum atomic E-state index is 8.67. The van der Waals surface area contributed by atoms with Gasteiger partial charge in [-0.1, -0.05) is 18.2 Å². The van der Waals surface area contributed by atoms with E-state index in [1.807, 2.05) is 30.3 Å². The molecule has 0 aliphatic heterocycles. The molecule has 0 aromatic heterocycles. The summed E-state index contributed by atoms with van der Waals surface area (Å²) in [5.41, 5.74) is 11.5. The third kappa shape index (κ3) is 2.46. The van der Waals surface area contributed by atoms with E-state index in [1.165, 1.54) is 11.1 Å². The zero-order valence-corrected chi connectivity index (χ0v) is 11.3. The number of benzene rings is 2. The molecule has 2 aromatic carbocycles. The summed E-state index contributed by atoms with van der Waals surface area (Å²) in [5.74, 6) is 0. The van der Waals surface area contributed by atoms with Gasteiger partial charge >= 0.3 is 0 Å². The summed E-state index contributed by atoms with van der Waals surface area (Å²) < 4.78 is 0. The molecule has 0 heterocycles. The van der Waals surface area contributed by atoms with E-state index >= 15 is 0 Å². The number of rotatable bonds is 3. The van der Waals surface area contributed by atoms with Gasteiger partial charge in [-0.3, -0.25) is 0 Å². The molecule has 1 atom stereocenters. The molecular weight excluding hydrogens is 246 g/mol. The van der Waals surface area contributed by atoms with Crippen LogP contribution in [0, 0.1) is 11.3 Å². The van der Waals surface area contributed by atoms with Crippen molar-refractivity contribution in [2.75, 3.05) is 11.1 Å². The second-order valence-electron chi connectivity index (χ2n) is 5.23. The molecule has 3 nitrogen and oxygen atoms in total. The Morgan fingerprint density at radius 3 is 2.75 bits per heavy atom. The van der Waals surface area contributed by atoms with Crippen LogP contribution in [0.5, 0.6) is 0 Å². The number of anilines is 2. The first-order valence-electron chi connectivity index (χ1n) is 6.87. The van der Waals surface area contributed by atoms with Crippen LogP contribution < -0.4 is 11.1 Å². The van der Waals surface area contributed by atoms with Crippen molar-refractivity contribution in [3.8, 4) is 6.07 Å². The molecule has 1 unspecified atom stereocenters. The Labute approximate surface area is 119 Å². The Morgan fingerprint density at radius 2 is 2.00 bits per heavy atom. The number of aryl methyl sites for hydroxylation is 1. The lowest BCUT2D eigenvalue weighted by molar-refractivity contribution is 0.762. The van der Waals surface area contributed by atoms with Gasteiger partial charge in [-0.05, 0) is 53.8 Å². The number of fused-ring (bicyclic) bond motifs is 1. The van der Waals surface area contributed by atoms with E-state index in [1.54, 1.807) is 0 Å². The molecule has 0 saturated carbocycles. The predicted molar refractivity (Wildman–Crippen MR) is 81.3 cm³/mol. The molecule has 0 radical (unpaired) electrons. The van der Waals surface area contributed by atoms with Gasteiger partial charge < -0.3 is 11.1 Å². The number of hydrogen-bond acceptors (Lipinski definition) is 3. The fraction of sp³-hybridized carbons (Fsp3) is 0.235. The molecule has 20 heavy (non-hydrogen) atoms. The topological polar surface area (TPSA) is 61.8 Å². The van der Waals surface area contributed by atoms with Crippen molar-refractivity contribution in [3.63, 3.8) is 0 Å². The molecule has 1 aliphatic rings. The highest BCUT2D eigenvalue weighted by Gasteiger charge is 2.22. The van der Waals surface area contributed by atoms with Crippen molar-refractivity contribution in [1.29, 1.82) is 5.26 Å². The van der Waals surface area contributed by atoms with Crippen molar-refractivity contribution in [2.24, 2.45) is 0 Å². The first-order chi connectivity index (χ1) is 9.76. The van der Waals surface area contributed by atoms with Gasteiger partial charge in [-0.15, -0.1) is 0 Å². The monoisotopic (exact) mass is 263 g/mol. The smallest absolute Gasteiger partial charge is 0.0669 e. The largest absolute Gasteiger partial charge is 0.399 e. The van der Waals surface area contributed by atoms with Crippen molar-refractivity contribution < 1.29 is 0 Å². The second kappa shape index (κ2) is 5.26. The van der Waals surface area contributed by atoms with Crippen LogP contribution in [-0.2, 0) is 12.8 Å². The van der Waals surface area contributed by atoms with Crippen molar-refractivity contribution in [1.82, 2.24) is 0 Å². The van der Waals surface area contributed by atoms with E-state index in [4.69, 9.17) is 11.0 Å². The molecule has 0 bridgehead atoms. The van der Waals surface area contributed by atoms with Crippen LogP contribution in [0.1, 0.15) is 29.2 Å². The SMILES string of the molecule is N#CCc1ccc(NC2CCc3cc(N)ccc32)cc1. The molecule has 1 aliphatic carbocycles. The van der Waals surface area contributed by atoms with E-state index in [2.05, 4.69) is 23.5 Å². The fourth-order valence-corrected chi connectivity index (χ4v) is 2.80. The molecule has 0 spiro atoms. The molecular formula is C17H17N3. The van der Waals surface area contributed by atoms with Crippen LogP contribution in [0.25, 0.3) is 0 Å². The Hall–Kier alpha value is -2.47. The number of nitrogens with zero attached hydrogens (tertiary/aromatic N) is 1. The lowest BCUT2D eigenvalue weighted by Crippen LogP contribution is -2.07. The summed E-state index contributed by atoms with van der Waals surface area (Å²) in [4.78, 5) is 0. The van der Waals surface area contributed by atoms with E-state index in [9.17, 15) is 0 Å². The first kappa shape index (κ1) is 12.6. The summed E-state index contributed by atoms with van der Waals surface area (Å²) in [5, 5.41) is 12.2. The Kier molecular flexibility index (Phi) is 3.30. The number of nitrogens with one attached hydrogen (secondary N) is 1. The van der Waals surface area contributed by atoms with E-state index in [-0.39, 0.29) is 0 Å². The zero-order chi connectivity index (χ0) is 13.9. The van der Waals surface area contributed by atoms with Gasteiger partial charge in [0.05, 0.1) is 18.5 Å². The minimum Gasteiger partial charge on any atom is -0.399 e. The highest BCUT2D eigenvalue weighted by atomic mass is 14.9. The lowest BCUT2D eigenvalue weighted by Gasteiger charge is -2.16. The Balaban J connectivity index is 1.75. The summed E-state index contributed by atoms with van der Waals surface area (Å²) in [6.07, 6.45) is 2.63. The van der Waals surface area contributed by atoms with E-state index < -0.39 is 0 Å². The minimum absolute atomic E-state index is 0.354. The van der Waals surface area contributed by atoms with Gasteiger partial charge in [-0.25, -0.2) is 0 Å². The molecule has 0 amide bonds. The zero-order valence-electron chi connectivity index (χ0n) is 11.3. The molecule has 2 aromatic rings.